The van der Waals surface area contributed by atoms with Gasteiger partial charge in [0.2, 0.25) is 5.88 Å². The van der Waals surface area contributed by atoms with Crippen LogP contribution in [-0.4, -0.2) is 44.1 Å². The van der Waals surface area contributed by atoms with Gasteiger partial charge in [-0.2, -0.15) is 0 Å². The number of aromatic carboxylic acids is 1. The zero-order valence-electron chi connectivity index (χ0n) is 24.2. The number of fused-ring (bicyclic) bond motifs is 1. The first kappa shape index (κ1) is 28.8. The zero-order chi connectivity index (χ0) is 31.1. The maximum Gasteiger partial charge on any atom is 0.335 e. The normalized spacial score (nSPS) is 16.0. The molecule has 7 rings (SSSR count). The third kappa shape index (κ3) is 6.06. The average molecular weight is 610 g/mol. The molecule has 5 aromatic rings. The van der Waals surface area contributed by atoms with Crippen molar-refractivity contribution in [3.63, 3.8) is 0 Å². The number of pyridine rings is 1. The van der Waals surface area contributed by atoms with Gasteiger partial charge in [-0.25, -0.2) is 23.5 Å². The molecule has 3 aromatic carbocycles. The molecule has 1 atom stereocenters. The maximum absolute atomic E-state index is 15.5. The van der Waals surface area contributed by atoms with E-state index in [9.17, 15) is 19.1 Å². The molecule has 0 amide bonds. The van der Waals surface area contributed by atoms with E-state index in [2.05, 4.69) is 4.98 Å². The van der Waals surface area contributed by atoms with Crippen LogP contribution >= 0.6 is 0 Å². The van der Waals surface area contributed by atoms with Crippen LogP contribution in [0.15, 0.2) is 72.8 Å². The SMILES string of the molecule is O=C(O)c1ccc2nc(Cc3ccc(-c4cccc(OCc5ccc(C(=O)C6CC6)cc5F)n4)cc3F)n(CC3CCO3)c2c1. The zero-order valence-corrected chi connectivity index (χ0v) is 24.2. The van der Waals surface area contributed by atoms with E-state index in [1.165, 1.54) is 18.2 Å². The van der Waals surface area contributed by atoms with Crippen LogP contribution in [-0.2, 0) is 24.3 Å². The predicted molar refractivity (Wildman–Crippen MR) is 161 cm³/mol. The first-order valence-electron chi connectivity index (χ1n) is 14.9. The summed E-state index contributed by atoms with van der Waals surface area (Å²) in [6, 6.07) is 19.2. The number of carboxylic acids is 1. The lowest BCUT2D eigenvalue weighted by Crippen LogP contribution is -2.31. The summed E-state index contributed by atoms with van der Waals surface area (Å²) in [7, 11) is 0. The van der Waals surface area contributed by atoms with Gasteiger partial charge in [0.15, 0.2) is 5.78 Å². The van der Waals surface area contributed by atoms with Crippen molar-refractivity contribution in [3.05, 3.63) is 113 Å². The Balaban J connectivity index is 1.08. The van der Waals surface area contributed by atoms with Crippen LogP contribution in [0.2, 0.25) is 0 Å². The van der Waals surface area contributed by atoms with Gasteiger partial charge in [0, 0.05) is 41.7 Å². The summed E-state index contributed by atoms with van der Waals surface area (Å²) in [5, 5.41) is 9.48. The number of carbonyl (C=O) groups excluding carboxylic acids is 1. The van der Waals surface area contributed by atoms with Crippen LogP contribution < -0.4 is 4.74 Å². The fourth-order valence-electron chi connectivity index (χ4n) is 5.50. The number of hydrogen-bond donors (Lipinski definition) is 1. The van der Waals surface area contributed by atoms with Gasteiger partial charge < -0.3 is 19.1 Å². The van der Waals surface area contributed by atoms with E-state index in [4.69, 9.17) is 14.5 Å². The molecule has 228 valence electrons. The summed E-state index contributed by atoms with van der Waals surface area (Å²) in [5.74, 6) is -1.12. The molecule has 1 unspecified atom stereocenters. The highest BCUT2D eigenvalue weighted by Gasteiger charge is 2.30. The Bertz CT molecular complexity index is 1950. The minimum atomic E-state index is -1.03. The Hall–Kier alpha value is -4.96. The number of imidazole rings is 1. The fourth-order valence-corrected chi connectivity index (χ4v) is 5.50. The Morgan fingerprint density at radius 2 is 1.69 bits per heavy atom. The standard InChI is InChI=1S/C35H29F2N3O5/c36-27-14-22(29-2-1-3-33(39-29)45-19-25-9-8-23(15-28(25)37)34(41)20-4-5-20)7-6-21(27)17-32-38-30-11-10-24(35(42)43)16-31(30)40(32)18-26-12-13-44-26/h1-3,6-11,14-16,20,26H,4-5,12-13,17-19H2,(H,42,43). The van der Waals surface area contributed by atoms with E-state index in [0.29, 0.717) is 58.0 Å². The van der Waals surface area contributed by atoms with E-state index in [0.717, 1.165) is 19.3 Å². The summed E-state index contributed by atoms with van der Waals surface area (Å²) in [6.07, 6.45) is 2.79. The number of ketones is 1. The molecule has 1 saturated heterocycles. The molecular weight excluding hydrogens is 580 g/mol. The van der Waals surface area contributed by atoms with Gasteiger partial charge in [0.1, 0.15) is 24.1 Å². The van der Waals surface area contributed by atoms with Gasteiger partial charge in [-0.1, -0.05) is 30.3 Å². The number of hydrogen-bond acceptors (Lipinski definition) is 6. The first-order chi connectivity index (χ1) is 21.8. The van der Waals surface area contributed by atoms with Crippen molar-refractivity contribution in [2.75, 3.05) is 6.61 Å². The number of Topliss-reactive ketones (excluding diaryl/α,β-unsaturated/α-hetero) is 1. The van der Waals surface area contributed by atoms with Crippen molar-refractivity contribution in [2.45, 2.75) is 44.9 Å². The van der Waals surface area contributed by atoms with Crippen LogP contribution in [0.1, 0.15) is 56.9 Å². The molecule has 0 bridgehead atoms. The van der Waals surface area contributed by atoms with Crippen LogP contribution in [0.3, 0.4) is 0 Å². The number of nitrogens with zero attached hydrogens (tertiary/aromatic N) is 3. The second kappa shape index (κ2) is 11.9. The van der Waals surface area contributed by atoms with Gasteiger partial charge >= 0.3 is 5.97 Å². The van der Waals surface area contributed by atoms with Gasteiger partial charge in [0.05, 0.1) is 34.9 Å². The van der Waals surface area contributed by atoms with Crippen molar-refractivity contribution in [3.8, 4) is 17.1 Å². The van der Waals surface area contributed by atoms with Crippen molar-refractivity contribution < 1.29 is 33.0 Å². The summed E-state index contributed by atoms with van der Waals surface area (Å²) < 4.78 is 43.5. The molecular formula is C35H29F2N3O5. The predicted octanol–water partition coefficient (Wildman–Crippen LogP) is 6.63. The topological polar surface area (TPSA) is 104 Å². The number of ether oxygens (including phenoxy) is 2. The third-order valence-corrected chi connectivity index (χ3v) is 8.34. The molecule has 1 N–H and O–H groups in total. The summed E-state index contributed by atoms with van der Waals surface area (Å²) in [6.45, 7) is 1.10. The van der Waals surface area contributed by atoms with Crippen LogP contribution in [0.5, 0.6) is 5.88 Å². The van der Waals surface area contributed by atoms with Crippen molar-refractivity contribution >= 4 is 22.8 Å². The molecule has 0 radical (unpaired) electrons. The third-order valence-electron chi connectivity index (χ3n) is 8.34. The molecule has 10 heteroatoms. The van der Waals surface area contributed by atoms with Crippen molar-refractivity contribution in [2.24, 2.45) is 5.92 Å². The second-order valence-electron chi connectivity index (χ2n) is 11.5. The minimum absolute atomic E-state index is 0.00481. The van der Waals surface area contributed by atoms with Crippen molar-refractivity contribution in [1.82, 2.24) is 14.5 Å². The van der Waals surface area contributed by atoms with Gasteiger partial charge in [-0.05, 0) is 61.2 Å². The monoisotopic (exact) mass is 609 g/mol. The van der Waals surface area contributed by atoms with Crippen LogP contribution in [0.4, 0.5) is 8.78 Å². The number of halogens is 2. The Labute approximate surface area is 257 Å². The number of carboxylic acid groups (broad SMARTS) is 1. The van der Waals surface area contributed by atoms with E-state index < -0.39 is 17.6 Å². The molecule has 1 aliphatic carbocycles. The van der Waals surface area contributed by atoms with E-state index in [1.54, 1.807) is 54.6 Å². The molecule has 8 nitrogen and oxygen atoms in total. The molecule has 0 spiro atoms. The Morgan fingerprint density at radius 3 is 2.40 bits per heavy atom. The highest BCUT2D eigenvalue weighted by Crippen LogP contribution is 2.33. The lowest BCUT2D eigenvalue weighted by atomic mass is 10.0. The van der Waals surface area contributed by atoms with E-state index in [-0.39, 0.29) is 42.3 Å². The maximum atomic E-state index is 15.5. The fraction of sp³-hybridized carbons (Fsp3) is 0.257. The van der Waals surface area contributed by atoms with E-state index in [1.807, 2.05) is 4.57 Å². The molecule has 1 saturated carbocycles. The average Bonchev–Trinajstić information content (AvgIpc) is 3.81. The van der Waals surface area contributed by atoms with E-state index >= 15 is 4.39 Å². The molecule has 2 aromatic heterocycles. The summed E-state index contributed by atoms with van der Waals surface area (Å²) >= 11 is 0. The van der Waals surface area contributed by atoms with Gasteiger partial charge in [-0.15, -0.1) is 0 Å². The van der Waals surface area contributed by atoms with Crippen LogP contribution in [0.25, 0.3) is 22.3 Å². The number of rotatable bonds is 11. The quantitative estimate of drug-likeness (QED) is 0.168. The summed E-state index contributed by atoms with van der Waals surface area (Å²) in [4.78, 5) is 33.0. The number of aromatic nitrogens is 3. The molecule has 45 heavy (non-hydrogen) atoms. The number of carbonyl (C=O) groups is 2. The lowest BCUT2D eigenvalue weighted by Gasteiger charge is -2.27. The van der Waals surface area contributed by atoms with Crippen molar-refractivity contribution in [1.29, 1.82) is 0 Å². The largest absolute Gasteiger partial charge is 0.478 e. The highest BCUT2D eigenvalue weighted by atomic mass is 19.1. The molecule has 2 fully saturated rings. The highest BCUT2D eigenvalue weighted by molar-refractivity contribution is 5.99. The molecule has 2 aliphatic rings. The second-order valence-corrected chi connectivity index (χ2v) is 11.5. The molecule has 1 aliphatic heterocycles. The Kier molecular flexibility index (Phi) is 7.58. The smallest absolute Gasteiger partial charge is 0.335 e. The summed E-state index contributed by atoms with van der Waals surface area (Å²) in [5.41, 5.74) is 3.59. The molecule has 3 heterocycles. The van der Waals surface area contributed by atoms with Gasteiger partial charge in [-0.3, -0.25) is 4.79 Å². The van der Waals surface area contributed by atoms with Gasteiger partial charge in [0.25, 0.3) is 0 Å². The minimum Gasteiger partial charge on any atom is -0.478 e. The number of benzene rings is 3. The Morgan fingerprint density at radius 1 is 0.911 bits per heavy atom. The lowest BCUT2D eigenvalue weighted by molar-refractivity contribution is -0.0589. The first-order valence-corrected chi connectivity index (χ1v) is 14.9. The van der Waals surface area contributed by atoms with Crippen LogP contribution in [0, 0.1) is 17.6 Å².